The zero-order valence-corrected chi connectivity index (χ0v) is 12.8. The Hall–Kier alpha value is -1.35. The number of ether oxygens (including phenoxy) is 2. The quantitative estimate of drug-likeness (QED) is 0.770. The Morgan fingerprint density at radius 1 is 1.25 bits per heavy atom. The molecule has 20 heavy (non-hydrogen) atoms. The molecule has 3 heteroatoms. The lowest BCUT2D eigenvalue weighted by molar-refractivity contribution is -0.180. The Bertz CT molecular complexity index is 451. The zero-order valence-electron chi connectivity index (χ0n) is 12.8. The van der Waals surface area contributed by atoms with Crippen LogP contribution in [-0.2, 0) is 9.47 Å². The van der Waals surface area contributed by atoms with Gasteiger partial charge in [-0.25, -0.2) is 4.79 Å². The van der Waals surface area contributed by atoms with Gasteiger partial charge in [-0.2, -0.15) is 0 Å². The smallest absolute Gasteiger partial charge is 0.338 e. The number of hydrogen-bond acceptors (Lipinski definition) is 3. The van der Waals surface area contributed by atoms with E-state index in [2.05, 4.69) is 27.7 Å². The molecular weight excluding hydrogens is 252 g/mol. The molecule has 0 bridgehead atoms. The fraction of sp³-hybridized carbons (Fsp3) is 0.588. The number of carbonyl (C=O) groups excluding carboxylic acids is 1. The number of carbonyl (C=O) groups is 1. The van der Waals surface area contributed by atoms with E-state index in [4.69, 9.17) is 9.47 Å². The first-order valence-corrected chi connectivity index (χ1v) is 7.29. The first-order valence-electron chi connectivity index (χ1n) is 7.29. The molecule has 0 radical (unpaired) electrons. The normalized spacial score (nSPS) is 24.2. The minimum absolute atomic E-state index is 0.0626. The van der Waals surface area contributed by atoms with E-state index < -0.39 is 0 Å². The van der Waals surface area contributed by atoms with Gasteiger partial charge >= 0.3 is 5.97 Å². The second-order valence-corrected chi connectivity index (χ2v) is 6.53. The van der Waals surface area contributed by atoms with Gasteiger partial charge in [0.2, 0.25) is 0 Å². The zero-order chi connectivity index (χ0) is 14.8. The largest absolute Gasteiger partial charge is 0.458 e. The van der Waals surface area contributed by atoms with Crippen molar-refractivity contribution in [2.24, 2.45) is 11.3 Å². The fourth-order valence-corrected chi connectivity index (χ4v) is 2.41. The van der Waals surface area contributed by atoms with Crippen LogP contribution in [0.2, 0.25) is 0 Å². The highest BCUT2D eigenvalue weighted by molar-refractivity contribution is 5.89. The van der Waals surface area contributed by atoms with Crippen LogP contribution in [0.3, 0.4) is 0 Å². The molecule has 1 saturated carbocycles. The molecule has 0 unspecified atom stereocenters. The van der Waals surface area contributed by atoms with E-state index in [1.807, 2.05) is 18.2 Å². The van der Waals surface area contributed by atoms with Crippen LogP contribution < -0.4 is 0 Å². The first-order chi connectivity index (χ1) is 9.41. The standard InChI is InChI=1S/C17H24O3/c1-12(2)11-19-14-10-15(17(14,3)4)20-16(18)13-8-6-5-7-9-13/h5-9,12,14-15H,10-11H2,1-4H3/t14-,15+/m0/s1. The highest BCUT2D eigenvalue weighted by atomic mass is 16.6. The molecule has 1 fully saturated rings. The lowest BCUT2D eigenvalue weighted by Crippen LogP contribution is -2.56. The topological polar surface area (TPSA) is 35.5 Å². The summed E-state index contributed by atoms with van der Waals surface area (Å²) in [6, 6.07) is 9.13. The van der Waals surface area contributed by atoms with Crippen molar-refractivity contribution in [3.05, 3.63) is 35.9 Å². The van der Waals surface area contributed by atoms with Crippen molar-refractivity contribution in [2.75, 3.05) is 6.61 Å². The van der Waals surface area contributed by atoms with Crippen molar-refractivity contribution in [2.45, 2.75) is 46.3 Å². The molecule has 3 nitrogen and oxygen atoms in total. The highest BCUT2D eigenvalue weighted by Gasteiger charge is 2.51. The molecule has 1 aromatic carbocycles. The molecule has 0 saturated heterocycles. The molecule has 1 aliphatic rings. The molecule has 0 heterocycles. The summed E-state index contributed by atoms with van der Waals surface area (Å²) in [5.41, 5.74) is 0.495. The molecule has 0 N–H and O–H groups in total. The van der Waals surface area contributed by atoms with Gasteiger partial charge in [0.1, 0.15) is 6.10 Å². The number of esters is 1. The summed E-state index contributed by atoms with van der Waals surface area (Å²) in [6.07, 6.45) is 0.906. The van der Waals surface area contributed by atoms with Crippen molar-refractivity contribution in [3.8, 4) is 0 Å². The predicted molar refractivity (Wildman–Crippen MR) is 78.6 cm³/mol. The van der Waals surface area contributed by atoms with E-state index in [0.717, 1.165) is 13.0 Å². The molecular formula is C17H24O3. The van der Waals surface area contributed by atoms with Crippen LogP contribution in [0.1, 0.15) is 44.5 Å². The van der Waals surface area contributed by atoms with Crippen LogP contribution in [0.5, 0.6) is 0 Å². The Labute approximate surface area is 121 Å². The van der Waals surface area contributed by atoms with Crippen LogP contribution in [-0.4, -0.2) is 24.8 Å². The third-order valence-electron chi connectivity index (χ3n) is 3.98. The van der Waals surface area contributed by atoms with Gasteiger partial charge in [-0.1, -0.05) is 45.9 Å². The molecule has 1 aliphatic carbocycles. The number of rotatable bonds is 5. The Morgan fingerprint density at radius 3 is 2.45 bits per heavy atom. The second-order valence-electron chi connectivity index (χ2n) is 6.53. The van der Waals surface area contributed by atoms with Crippen molar-refractivity contribution in [3.63, 3.8) is 0 Å². The molecule has 0 aromatic heterocycles. The van der Waals surface area contributed by atoms with E-state index in [1.165, 1.54) is 0 Å². The van der Waals surface area contributed by atoms with Crippen LogP contribution in [0.15, 0.2) is 30.3 Å². The predicted octanol–water partition coefficient (Wildman–Crippen LogP) is 3.68. The summed E-state index contributed by atoms with van der Waals surface area (Å²) in [5.74, 6) is 0.280. The van der Waals surface area contributed by atoms with Gasteiger partial charge in [0.25, 0.3) is 0 Å². The SMILES string of the molecule is CC(C)CO[C@H]1C[C@@H](OC(=O)c2ccccc2)C1(C)C. The Balaban J connectivity index is 1.88. The molecule has 0 spiro atoms. The summed E-state index contributed by atoms with van der Waals surface area (Å²) < 4.78 is 11.5. The molecule has 2 atom stereocenters. The average Bonchev–Trinajstić information content (AvgIpc) is 2.42. The minimum Gasteiger partial charge on any atom is -0.458 e. The van der Waals surface area contributed by atoms with E-state index in [-0.39, 0.29) is 23.6 Å². The summed E-state index contributed by atoms with van der Waals surface area (Å²) >= 11 is 0. The van der Waals surface area contributed by atoms with Crippen molar-refractivity contribution in [1.82, 2.24) is 0 Å². The van der Waals surface area contributed by atoms with Crippen LogP contribution in [0.25, 0.3) is 0 Å². The maximum atomic E-state index is 12.0. The molecule has 1 aromatic rings. The fourth-order valence-electron chi connectivity index (χ4n) is 2.41. The van der Waals surface area contributed by atoms with Gasteiger partial charge in [0, 0.05) is 18.4 Å². The first kappa shape index (κ1) is 15.0. The lowest BCUT2D eigenvalue weighted by atomic mass is 9.66. The second kappa shape index (κ2) is 5.96. The summed E-state index contributed by atoms with van der Waals surface area (Å²) in [6.45, 7) is 9.24. The van der Waals surface area contributed by atoms with Crippen molar-refractivity contribution >= 4 is 5.97 Å². The molecule has 0 aliphatic heterocycles. The van der Waals surface area contributed by atoms with Crippen LogP contribution in [0, 0.1) is 11.3 Å². The third-order valence-corrected chi connectivity index (χ3v) is 3.98. The van der Waals surface area contributed by atoms with Gasteiger partial charge in [0.05, 0.1) is 11.7 Å². The van der Waals surface area contributed by atoms with Gasteiger partial charge < -0.3 is 9.47 Å². The van der Waals surface area contributed by atoms with Gasteiger partial charge in [-0.15, -0.1) is 0 Å². The van der Waals surface area contributed by atoms with E-state index in [9.17, 15) is 4.79 Å². The van der Waals surface area contributed by atoms with E-state index >= 15 is 0 Å². The van der Waals surface area contributed by atoms with E-state index in [0.29, 0.717) is 11.5 Å². The molecule has 0 amide bonds. The van der Waals surface area contributed by atoms with Crippen LogP contribution in [0.4, 0.5) is 0 Å². The number of hydrogen-bond donors (Lipinski definition) is 0. The maximum Gasteiger partial charge on any atom is 0.338 e. The summed E-state index contributed by atoms with van der Waals surface area (Å²) in [7, 11) is 0. The minimum atomic E-state index is -0.244. The van der Waals surface area contributed by atoms with Crippen molar-refractivity contribution < 1.29 is 14.3 Å². The van der Waals surface area contributed by atoms with E-state index in [1.54, 1.807) is 12.1 Å². The molecule has 110 valence electrons. The average molecular weight is 276 g/mol. The Morgan fingerprint density at radius 2 is 1.90 bits per heavy atom. The maximum absolute atomic E-state index is 12.0. The molecule has 2 rings (SSSR count). The monoisotopic (exact) mass is 276 g/mol. The highest BCUT2D eigenvalue weighted by Crippen LogP contribution is 2.45. The van der Waals surface area contributed by atoms with Crippen LogP contribution >= 0.6 is 0 Å². The summed E-state index contributed by atoms with van der Waals surface area (Å²) in [5, 5.41) is 0. The van der Waals surface area contributed by atoms with Gasteiger partial charge in [0.15, 0.2) is 0 Å². The number of benzene rings is 1. The van der Waals surface area contributed by atoms with Gasteiger partial charge in [-0.3, -0.25) is 0 Å². The lowest BCUT2D eigenvalue weighted by Gasteiger charge is -2.50. The Kier molecular flexibility index (Phi) is 4.48. The summed E-state index contributed by atoms with van der Waals surface area (Å²) in [4.78, 5) is 12.0. The van der Waals surface area contributed by atoms with Gasteiger partial charge in [-0.05, 0) is 18.1 Å². The van der Waals surface area contributed by atoms with Crippen molar-refractivity contribution in [1.29, 1.82) is 0 Å². The third kappa shape index (κ3) is 3.21.